The van der Waals surface area contributed by atoms with Crippen LogP contribution in [0, 0.1) is 0 Å². The van der Waals surface area contributed by atoms with Gasteiger partial charge in [-0.05, 0) is 45.0 Å². The van der Waals surface area contributed by atoms with Crippen LogP contribution in [0.1, 0.15) is 26.5 Å². The van der Waals surface area contributed by atoms with Gasteiger partial charge in [-0.15, -0.1) is 11.3 Å². The number of hydrogen-bond acceptors (Lipinski definition) is 8. The third-order valence-electron chi connectivity index (χ3n) is 5.80. The van der Waals surface area contributed by atoms with Crippen LogP contribution in [-0.4, -0.2) is 69.4 Å². The Labute approximate surface area is 222 Å². The molecule has 5 heterocycles. The lowest BCUT2D eigenvalue weighted by molar-refractivity contribution is -0.134. The smallest absolute Gasteiger partial charge is 0.419 e. The van der Waals surface area contributed by atoms with Crippen molar-refractivity contribution >= 4 is 66.1 Å². The molecule has 37 heavy (non-hydrogen) atoms. The molecule has 1 aliphatic heterocycles. The average molecular weight is 562 g/mol. The number of fused-ring (bicyclic) bond motifs is 2. The van der Waals surface area contributed by atoms with E-state index in [1.807, 2.05) is 0 Å². The molecule has 0 aliphatic carbocycles. The van der Waals surface area contributed by atoms with Gasteiger partial charge in [-0.1, -0.05) is 11.6 Å². The molecule has 4 aromatic rings. The van der Waals surface area contributed by atoms with Gasteiger partial charge in [0.25, 0.3) is 10.0 Å². The minimum atomic E-state index is -3.89. The summed E-state index contributed by atoms with van der Waals surface area (Å²) in [6.07, 6.45) is 4.12. The summed E-state index contributed by atoms with van der Waals surface area (Å²) in [5, 5.41) is 1.15. The van der Waals surface area contributed by atoms with E-state index in [0.29, 0.717) is 26.4 Å². The SMILES string of the molecule is CC(C)(C)OC(=O)n1c(CN2CCN(S(=O)(=O)c3cc4ncc(Cl)cc4s3)CC2=O)cc2cnccc21. The first-order valence-electron chi connectivity index (χ1n) is 11.4. The zero-order valence-electron chi connectivity index (χ0n) is 20.3. The van der Waals surface area contributed by atoms with Crippen molar-refractivity contribution in [3.8, 4) is 0 Å². The first-order valence-corrected chi connectivity index (χ1v) is 14.1. The number of piperazine rings is 1. The second kappa shape index (κ2) is 9.35. The second-order valence-corrected chi connectivity index (χ2v) is 13.3. The third-order valence-corrected chi connectivity index (χ3v) is 9.37. The average Bonchev–Trinajstić information content (AvgIpc) is 3.40. The van der Waals surface area contributed by atoms with Crippen LogP contribution >= 0.6 is 22.9 Å². The van der Waals surface area contributed by atoms with Crippen molar-refractivity contribution in [3.63, 3.8) is 0 Å². The molecule has 0 spiro atoms. The van der Waals surface area contributed by atoms with Crippen LogP contribution in [-0.2, 0) is 26.1 Å². The molecular weight excluding hydrogens is 538 g/mol. The van der Waals surface area contributed by atoms with Gasteiger partial charge in [0.2, 0.25) is 5.91 Å². The minimum Gasteiger partial charge on any atom is -0.443 e. The summed E-state index contributed by atoms with van der Waals surface area (Å²) < 4.78 is 35.5. The lowest BCUT2D eigenvalue weighted by Gasteiger charge is -2.33. The van der Waals surface area contributed by atoms with Gasteiger partial charge < -0.3 is 9.64 Å². The van der Waals surface area contributed by atoms with Crippen molar-refractivity contribution in [2.75, 3.05) is 19.6 Å². The first kappa shape index (κ1) is 25.6. The van der Waals surface area contributed by atoms with Crippen molar-refractivity contribution in [3.05, 3.63) is 53.6 Å². The molecule has 194 valence electrons. The highest BCUT2D eigenvalue weighted by atomic mass is 35.5. The van der Waals surface area contributed by atoms with Crippen molar-refractivity contribution in [2.24, 2.45) is 0 Å². The molecule has 0 atom stereocenters. The Hall–Kier alpha value is -3.06. The molecule has 0 bridgehead atoms. The van der Waals surface area contributed by atoms with E-state index in [0.717, 1.165) is 16.7 Å². The fourth-order valence-corrected chi connectivity index (χ4v) is 7.27. The van der Waals surface area contributed by atoms with Crippen molar-refractivity contribution in [1.82, 2.24) is 23.7 Å². The molecule has 0 aromatic carbocycles. The van der Waals surface area contributed by atoms with Crippen molar-refractivity contribution in [2.45, 2.75) is 37.1 Å². The lowest BCUT2D eigenvalue weighted by atomic mass is 10.2. The van der Waals surface area contributed by atoms with E-state index in [2.05, 4.69) is 9.97 Å². The predicted octanol–water partition coefficient (Wildman–Crippen LogP) is 4.12. The summed E-state index contributed by atoms with van der Waals surface area (Å²) >= 11 is 7.05. The summed E-state index contributed by atoms with van der Waals surface area (Å²) in [5.41, 5.74) is 0.990. The lowest BCUT2D eigenvalue weighted by Crippen LogP contribution is -2.51. The van der Waals surface area contributed by atoms with E-state index in [-0.39, 0.29) is 36.3 Å². The highest BCUT2D eigenvalue weighted by Gasteiger charge is 2.35. The van der Waals surface area contributed by atoms with E-state index in [9.17, 15) is 18.0 Å². The minimum absolute atomic E-state index is 0.107. The van der Waals surface area contributed by atoms with Gasteiger partial charge in [0.05, 0.1) is 33.8 Å². The van der Waals surface area contributed by atoms with Crippen LogP contribution in [0.25, 0.3) is 21.1 Å². The Balaban J connectivity index is 1.37. The molecule has 1 amide bonds. The van der Waals surface area contributed by atoms with Crippen molar-refractivity contribution < 1.29 is 22.7 Å². The molecule has 0 unspecified atom stereocenters. The zero-order valence-corrected chi connectivity index (χ0v) is 22.7. The van der Waals surface area contributed by atoms with E-state index in [4.69, 9.17) is 16.3 Å². The van der Waals surface area contributed by atoms with Crippen LogP contribution in [0.4, 0.5) is 4.79 Å². The number of halogens is 1. The van der Waals surface area contributed by atoms with Crippen LogP contribution in [0.3, 0.4) is 0 Å². The summed E-state index contributed by atoms with van der Waals surface area (Å²) in [5.74, 6) is -0.365. The molecule has 1 saturated heterocycles. The number of carbonyl (C=O) groups is 2. The number of aromatic nitrogens is 3. The number of nitrogens with zero attached hydrogens (tertiary/aromatic N) is 5. The van der Waals surface area contributed by atoms with Gasteiger partial charge in [-0.25, -0.2) is 17.8 Å². The van der Waals surface area contributed by atoms with E-state index < -0.39 is 21.7 Å². The molecule has 0 saturated carbocycles. The molecule has 5 rings (SSSR count). The molecule has 0 N–H and O–H groups in total. The number of ether oxygens (including phenoxy) is 1. The monoisotopic (exact) mass is 561 g/mol. The van der Waals surface area contributed by atoms with Crippen LogP contribution in [0.15, 0.2) is 47.1 Å². The van der Waals surface area contributed by atoms with E-state index in [1.54, 1.807) is 56.3 Å². The summed E-state index contributed by atoms with van der Waals surface area (Å²) in [6, 6.07) is 6.66. The highest BCUT2D eigenvalue weighted by Crippen LogP contribution is 2.32. The molecular formula is C24H24ClN5O5S2. The summed E-state index contributed by atoms with van der Waals surface area (Å²) in [4.78, 5) is 36.0. The van der Waals surface area contributed by atoms with Gasteiger partial charge in [0.1, 0.15) is 9.81 Å². The van der Waals surface area contributed by atoms with E-state index >= 15 is 0 Å². The summed E-state index contributed by atoms with van der Waals surface area (Å²) in [7, 11) is -3.89. The number of carbonyl (C=O) groups excluding carboxylic acids is 2. The van der Waals surface area contributed by atoms with Crippen LogP contribution < -0.4 is 0 Å². The molecule has 0 radical (unpaired) electrons. The number of hydrogen-bond donors (Lipinski definition) is 0. The van der Waals surface area contributed by atoms with Crippen LogP contribution in [0.5, 0.6) is 0 Å². The maximum absolute atomic E-state index is 13.3. The molecule has 1 fully saturated rings. The quantitative estimate of drug-likeness (QED) is 0.368. The van der Waals surface area contributed by atoms with Gasteiger partial charge in [-0.3, -0.25) is 14.8 Å². The van der Waals surface area contributed by atoms with Gasteiger partial charge in [0.15, 0.2) is 0 Å². The number of amides is 1. The Morgan fingerprint density at radius 1 is 1.19 bits per heavy atom. The highest BCUT2D eigenvalue weighted by molar-refractivity contribution is 7.91. The summed E-state index contributed by atoms with van der Waals surface area (Å²) in [6.45, 7) is 5.43. The fourth-order valence-electron chi connectivity index (χ4n) is 4.13. The fraction of sp³-hybridized carbons (Fsp3) is 0.333. The van der Waals surface area contributed by atoms with Crippen LogP contribution in [0.2, 0.25) is 5.02 Å². The number of rotatable bonds is 4. The normalized spacial score (nSPS) is 15.6. The third kappa shape index (κ3) is 5.06. The van der Waals surface area contributed by atoms with Gasteiger partial charge in [0, 0.05) is 42.8 Å². The topological polar surface area (TPSA) is 115 Å². The Kier molecular flexibility index (Phi) is 6.47. The zero-order chi connectivity index (χ0) is 26.5. The number of pyridine rings is 2. The maximum Gasteiger partial charge on any atom is 0.419 e. The Morgan fingerprint density at radius 3 is 2.70 bits per heavy atom. The number of sulfonamides is 1. The Bertz CT molecular complexity index is 1640. The maximum atomic E-state index is 13.3. The van der Waals surface area contributed by atoms with Gasteiger partial charge >= 0.3 is 6.09 Å². The Morgan fingerprint density at radius 2 is 1.97 bits per heavy atom. The molecule has 13 heteroatoms. The standard InChI is InChI=1S/C24H24ClN5O5S2/c1-24(2,3)35-23(32)30-17(8-15-11-26-5-4-19(15)30)13-28-6-7-29(14-21(28)31)37(33,34)22-10-18-20(36-22)9-16(25)12-27-18/h4-5,8-12H,6-7,13-14H2,1-3H3. The largest absolute Gasteiger partial charge is 0.443 e. The predicted molar refractivity (Wildman–Crippen MR) is 140 cm³/mol. The second-order valence-electron chi connectivity index (χ2n) is 9.64. The molecule has 4 aromatic heterocycles. The number of thiophene rings is 1. The first-order chi connectivity index (χ1) is 17.4. The molecule has 10 nitrogen and oxygen atoms in total. The van der Waals surface area contributed by atoms with Gasteiger partial charge in [-0.2, -0.15) is 4.31 Å². The van der Waals surface area contributed by atoms with Crippen molar-refractivity contribution in [1.29, 1.82) is 0 Å². The van der Waals surface area contributed by atoms with E-state index in [1.165, 1.54) is 21.1 Å². The molecule has 1 aliphatic rings.